The van der Waals surface area contributed by atoms with E-state index in [4.69, 9.17) is 0 Å². The van der Waals surface area contributed by atoms with Crippen molar-refractivity contribution >= 4 is 60.8 Å². The Kier molecular flexibility index (Phi) is 6.07. The number of anilines is 5. The second kappa shape index (κ2) is 10.4. The average molecular weight is 551 g/mol. The first-order chi connectivity index (χ1) is 21.3. The van der Waals surface area contributed by atoms with Gasteiger partial charge in [-0.1, -0.05) is 116 Å². The number of allylic oxidation sites excluding steroid dienone is 2. The minimum absolute atomic E-state index is 0.237. The van der Waals surface area contributed by atoms with Crippen LogP contribution in [0.5, 0.6) is 0 Å². The Morgan fingerprint density at radius 3 is 1.42 bits per heavy atom. The zero-order valence-electron chi connectivity index (χ0n) is 24.0. The molecule has 1 aliphatic rings. The first-order valence-corrected chi connectivity index (χ1v) is 14.9. The molecule has 0 bridgehead atoms. The minimum atomic E-state index is 0.237. The molecule has 0 aromatic heterocycles. The number of hydrogen-bond acceptors (Lipinski definition) is 2. The predicted octanol–water partition coefficient (Wildman–Crippen LogP) is 11.4. The van der Waals surface area contributed by atoms with Gasteiger partial charge in [-0.05, 0) is 76.2 Å². The summed E-state index contributed by atoms with van der Waals surface area (Å²) >= 11 is 0. The van der Waals surface area contributed by atoms with Crippen molar-refractivity contribution in [3.8, 4) is 0 Å². The quantitative estimate of drug-likeness (QED) is 0.150. The third kappa shape index (κ3) is 4.20. The lowest BCUT2D eigenvalue weighted by molar-refractivity contribution is 0.827. The summed E-state index contributed by atoms with van der Waals surface area (Å²) in [5, 5.41) is 7.54. The maximum atomic E-state index is 3.58. The van der Waals surface area contributed by atoms with Gasteiger partial charge in [0.05, 0.1) is 17.1 Å². The largest absolute Gasteiger partial charge is 0.310 e. The van der Waals surface area contributed by atoms with Crippen molar-refractivity contribution in [2.45, 2.75) is 6.92 Å². The molecule has 0 amide bonds. The number of rotatable bonds is 6. The van der Waals surface area contributed by atoms with Crippen LogP contribution in [0.2, 0.25) is 0 Å². The summed E-state index contributed by atoms with van der Waals surface area (Å²) in [6.07, 6.45) is 6.36. The van der Waals surface area contributed by atoms with Crippen molar-refractivity contribution in [1.82, 2.24) is 0 Å². The molecule has 2 nitrogen and oxygen atoms in total. The van der Waals surface area contributed by atoms with E-state index in [1.807, 2.05) is 6.08 Å². The predicted molar refractivity (Wildman–Crippen MR) is 183 cm³/mol. The molecule has 0 fully saturated rings. The van der Waals surface area contributed by atoms with E-state index in [9.17, 15) is 0 Å². The van der Waals surface area contributed by atoms with Gasteiger partial charge in [0.1, 0.15) is 0 Å². The van der Waals surface area contributed by atoms with E-state index in [2.05, 4.69) is 174 Å². The number of para-hydroxylation sites is 3. The molecule has 1 atom stereocenters. The van der Waals surface area contributed by atoms with Crippen LogP contribution in [0.4, 0.5) is 28.4 Å². The molecule has 7 aromatic rings. The first kappa shape index (κ1) is 25.2. The van der Waals surface area contributed by atoms with Crippen LogP contribution in [0, 0.1) is 5.92 Å². The van der Waals surface area contributed by atoms with Gasteiger partial charge < -0.3 is 9.80 Å². The topological polar surface area (TPSA) is 6.48 Å². The molecule has 8 rings (SSSR count). The Balaban J connectivity index is 1.42. The lowest BCUT2D eigenvalue weighted by atomic mass is 9.91. The molecule has 7 aromatic carbocycles. The van der Waals surface area contributed by atoms with E-state index in [0.29, 0.717) is 0 Å². The molecule has 0 N–H and O–H groups in total. The first-order valence-electron chi connectivity index (χ1n) is 14.9. The number of hydrogen-bond donors (Lipinski definition) is 0. The molecule has 0 saturated carbocycles. The molecule has 2 heteroatoms. The van der Waals surface area contributed by atoms with E-state index in [1.165, 1.54) is 43.7 Å². The van der Waals surface area contributed by atoms with Gasteiger partial charge in [0.2, 0.25) is 0 Å². The van der Waals surface area contributed by atoms with E-state index in [-0.39, 0.29) is 5.92 Å². The highest BCUT2D eigenvalue weighted by Crippen LogP contribution is 2.47. The summed E-state index contributed by atoms with van der Waals surface area (Å²) in [6, 6.07) is 50.2. The second-order valence-electron chi connectivity index (χ2n) is 11.1. The average Bonchev–Trinajstić information content (AvgIpc) is 3.07. The van der Waals surface area contributed by atoms with Crippen LogP contribution in [-0.4, -0.2) is 0 Å². The smallest absolute Gasteiger partial charge is 0.0722 e. The second-order valence-corrected chi connectivity index (χ2v) is 11.1. The molecule has 204 valence electrons. The van der Waals surface area contributed by atoms with E-state index >= 15 is 0 Å². The van der Waals surface area contributed by atoms with Crippen molar-refractivity contribution in [2.75, 3.05) is 9.80 Å². The van der Waals surface area contributed by atoms with Crippen LogP contribution in [0.3, 0.4) is 0 Å². The lowest BCUT2D eigenvalue weighted by Gasteiger charge is -2.31. The fourth-order valence-electron chi connectivity index (χ4n) is 6.57. The Hall–Kier alpha value is -5.56. The number of nitrogens with zero attached hydrogens (tertiary/aromatic N) is 2. The summed E-state index contributed by atoms with van der Waals surface area (Å²) < 4.78 is 0. The van der Waals surface area contributed by atoms with Gasteiger partial charge in [-0.3, -0.25) is 0 Å². The molecule has 0 spiro atoms. The van der Waals surface area contributed by atoms with Gasteiger partial charge in [-0.2, -0.15) is 0 Å². The van der Waals surface area contributed by atoms with Gasteiger partial charge in [0, 0.05) is 33.8 Å². The van der Waals surface area contributed by atoms with E-state index in [1.54, 1.807) is 0 Å². The SMILES string of the molecule is CC1C=CC=C=C1N(c1ccccc1)c1ccc2ccc3c(N(c4ccccc4)c4ccccc4)ccc4ccc1c2c43. The van der Waals surface area contributed by atoms with Gasteiger partial charge in [0.15, 0.2) is 0 Å². The Morgan fingerprint density at radius 1 is 0.488 bits per heavy atom. The van der Waals surface area contributed by atoms with Gasteiger partial charge in [-0.25, -0.2) is 0 Å². The van der Waals surface area contributed by atoms with Gasteiger partial charge in [0.25, 0.3) is 0 Å². The lowest BCUT2D eigenvalue weighted by Crippen LogP contribution is -2.21. The Morgan fingerprint density at radius 2 is 0.930 bits per heavy atom. The molecular formula is C41H30N2. The number of benzene rings is 7. The summed E-state index contributed by atoms with van der Waals surface area (Å²) in [5.74, 6) is 0.237. The highest BCUT2D eigenvalue weighted by molar-refractivity contribution is 6.28. The van der Waals surface area contributed by atoms with Gasteiger partial charge >= 0.3 is 0 Å². The standard InChI is InChI=1S/C41H30N2/c1-29-13-11-12-20-37(29)43(34-18-9-4-10-19-34)39-28-24-31-21-25-35-38(27-23-30-22-26-36(39)41(31)40(30)35)42(32-14-5-2-6-15-32)33-16-7-3-8-17-33/h2-19,21-29H,1H3. The van der Waals surface area contributed by atoms with Crippen LogP contribution in [0.15, 0.2) is 169 Å². The molecule has 43 heavy (non-hydrogen) atoms. The molecule has 0 heterocycles. The maximum Gasteiger partial charge on any atom is 0.0722 e. The van der Waals surface area contributed by atoms with Crippen LogP contribution in [0.1, 0.15) is 6.92 Å². The molecular weight excluding hydrogens is 520 g/mol. The van der Waals surface area contributed by atoms with Crippen LogP contribution in [-0.2, 0) is 0 Å². The summed E-state index contributed by atoms with van der Waals surface area (Å²) in [6.45, 7) is 2.24. The highest BCUT2D eigenvalue weighted by Gasteiger charge is 2.24. The van der Waals surface area contributed by atoms with Crippen molar-refractivity contribution in [3.05, 3.63) is 169 Å². The zero-order chi connectivity index (χ0) is 28.8. The summed E-state index contributed by atoms with van der Waals surface area (Å²) in [7, 11) is 0. The van der Waals surface area contributed by atoms with E-state index < -0.39 is 0 Å². The van der Waals surface area contributed by atoms with E-state index in [0.717, 1.165) is 22.8 Å². The molecule has 0 aliphatic heterocycles. The Bertz CT molecular complexity index is 2130. The fourth-order valence-corrected chi connectivity index (χ4v) is 6.57. The van der Waals surface area contributed by atoms with Crippen LogP contribution >= 0.6 is 0 Å². The Labute approximate surface area is 252 Å². The molecule has 0 saturated heterocycles. The monoisotopic (exact) mass is 550 g/mol. The third-order valence-electron chi connectivity index (χ3n) is 8.54. The highest BCUT2D eigenvalue weighted by atomic mass is 15.2. The molecule has 0 radical (unpaired) electrons. The zero-order valence-corrected chi connectivity index (χ0v) is 24.0. The van der Waals surface area contributed by atoms with Crippen LogP contribution in [0.25, 0.3) is 32.3 Å². The third-order valence-corrected chi connectivity index (χ3v) is 8.54. The molecule has 1 aliphatic carbocycles. The van der Waals surface area contributed by atoms with Crippen molar-refractivity contribution < 1.29 is 0 Å². The summed E-state index contributed by atoms with van der Waals surface area (Å²) in [4.78, 5) is 4.76. The normalized spacial score (nSPS) is 14.4. The fraction of sp³-hybridized carbons (Fsp3) is 0.0488. The summed E-state index contributed by atoms with van der Waals surface area (Å²) in [5.41, 5.74) is 10.5. The van der Waals surface area contributed by atoms with Crippen molar-refractivity contribution in [2.24, 2.45) is 5.92 Å². The van der Waals surface area contributed by atoms with Gasteiger partial charge in [-0.15, -0.1) is 0 Å². The van der Waals surface area contributed by atoms with Crippen LogP contribution < -0.4 is 9.80 Å². The maximum absolute atomic E-state index is 3.58. The van der Waals surface area contributed by atoms with Crippen molar-refractivity contribution in [3.63, 3.8) is 0 Å². The van der Waals surface area contributed by atoms with Crippen molar-refractivity contribution in [1.29, 1.82) is 0 Å². The molecule has 1 unspecified atom stereocenters. The minimum Gasteiger partial charge on any atom is -0.310 e.